The zero-order valence-electron chi connectivity index (χ0n) is 38.1. The van der Waals surface area contributed by atoms with Gasteiger partial charge in [-0.2, -0.15) is 0 Å². The molecule has 1 aliphatic heterocycles. The van der Waals surface area contributed by atoms with Crippen molar-refractivity contribution in [1.82, 2.24) is 0 Å². The molecule has 5 aromatic rings. The number of nitrogens with zero attached hydrogens (tertiary/aromatic N) is 2. The second-order valence-electron chi connectivity index (χ2n) is 16.0. The van der Waals surface area contributed by atoms with Gasteiger partial charge < -0.3 is 9.80 Å². The Labute approximate surface area is 364 Å². The Kier molecular flexibility index (Phi) is 16.4. The second-order valence-corrected chi connectivity index (χ2v) is 16.0. The Morgan fingerprint density at radius 3 is 1.80 bits per heavy atom. The molecule has 5 aromatic carbocycles. The van der Waals surface area contributed by atoms with Crippen LogP contribution in [0.5, 0.6) is 0 Å². The fourth-order valence-electron chi connectivity index (χ4n) is 9.37. The number of aryl methyl sites for hydroxylation is 1. The largest absolute Gasteiger partial charge is 0.338 e. The molecule has 1 heterocycles. The lowest BCUT2D eigenvalue weighted by atomic mass is 9.61. The van der Waals surface area contributed by atoms with Gasteiger partial charge in [0, 0.05) is 34.5 Å². The predicted molar refractivity (Wildman–Crippen MR) is 267 cm³/mol. The molecule has 0 bridgehead atoms. The van der Waals surface area contributed by atoms with Crippen LogP contribution >= 0.6 is 0 Å². The van der Waals surface area contributed by atoms with Crippen molar-refractivity contribution in [2.45, 2.75) is 107 Å². The van der Waals surface area contributed by atoms with Crippen molar-refractivity contribution in [2.75, 3.05) is 9.80 Å². The Balaban J connectivity index is 0.000000796. The molecule has 8 rings (SSSR count). The smallest absolute Gasteiger partial charge is 0.0493 e. The highest BCUT2D eigenvalue weighted by Crippen LogP contribution is 2.52. The normalized spacial score (nSPS) is 17.8. The highest BCUT2D eigenvalue weighted by molar-refractivity contribution is 5.92. The van der Waals surface area contributed by atoms with Crippen molar-refractivity contribution < 1.29 is 0 Å². The van der Waals surface area contributed by atoms with Gasteiger partial charge in [0.25, 0.3) is 0 Å². The van der Waals surface area contributed by atoms with Crippen LogP contribution in [0.15, 0.2) is 182 Å². The van der Waals surface area contributed by atoms with E-state index in [1.165, 1.54) is 98.3 Å². The van der Waals surface area contributed by atoms with E-state index in [1.54, 1.807) is 0 Å². The third-order valence-corrected chi connectivity index (χ3v) is 12.5. The van der Waals surface area contributed by atoms with Crippen molar-refractivity contribution in [1.29, 1.82) is 0 Å². The molecule has 2 aliphatic carbocycles. The summed E-state index contributed by atoms with van der Waals surface area (Å²) in [5.41, 5.74) is 13.8. The van der Waals surface area contributed by atoms with Gasteiger partial charge in [-0.1, -0.05) is 177 Å². The number of allylic oxidation sites excluding steroid dienone is 9. The molecule has 0 aromatic heterocycles. The zero-order valence-corrected chi connectivity index (χ0v) is 38.1. The molecule has 0 saturated heterocycles. The predicted octanol–water partition coefficient (Wildman–Crippen LogP) is 17.5. The summed E-state index contributed by atoms with van der Waals surface area (Å²) >= 11 is 0. The van der Waals surface area contributed by atoms with E-state index in [0.717, 1.165) is 12.8 Å². The van der Waals surface area contributed by atoms with Gasteiger partial charge in [-0.15, -0.1) is 0 Å². The van der Waals surface area contributed by atoms with E-state index in [0.29, 0.717) is 12.0 Å². The van der Waals surface area contributed by atoms with E-state index in [9.17, 15) is 0 Å². The van der Waals surface area contributed by atoms with Crippen LogP contribution < -0.4 is 9.80 Å². The molecule has 3 aliphatic rings. The van der Waals surface area contributed by atoms with Gasteiger partial charge in [-0.05, 0) is 144 Å². The summed E-state index contributed by atoms with van der Waals surface area (Å²) < 4.78 is 0. The van der Waals surface area contributed by atoms with E-state index in [4.69, 9.17) is 0 Å². The van der Waals surface area contributed by atoms with E-state index in [1.807, 2.05) is 53.7 Å². The SMILES string of the molecule is C/C=C\C.C=CC1=C(C=C)C(C)(C)C2CCCCC2N1c1ccc(-c2ccc(-c3ccc(N(C4=CC=CCC4)c4ccc5ccccc5c4C)cc3)cc2)cc1.CC.CC. The number of rotatable bonds is 8. The van der Waals surface area contributed by atoms with E-state index in [-0.39, 0.29) is 5.41 Å². The first-order chi connectivity index (χ1) is 29.3. The Hall–Kier alpha value is -5.60. The summed E-state index contributed by atoms with van der Waals surface area (Å²) in [6.07, 6.45) is 22.0. The molecule has 0 N–H and O–H groups in total. The van der Waals surface area contributed by atoms with Crippen LogP contribution in [0.2, 0.25) is 0 Å². The summed E-state index contributed by atoms with van der Waals surface area (Å²) in [5.74, 6) is 0.603. The summed E-state index contributed by atoms with van der Waals surface area (Å²) in [6.45, 7) is 27.6. The first-order valence-electron chi connectivity index (χ1n) is 22.6. The van der Waals surface area contributed by atoms with Gasteiger partial charge in [-0.25, -0.2) is 0 Å². The summed E-state index contributed by atoms with van der Waals surface area (Å²) in [7, 11) is 0. The number of fused-ring (bicyclic) bond motifs is 2. The molecular formula is C58H70N2. The minimum atomic E-state index is 0.0923. The van der Waals surface area contributed by atoms with Gasteiger partial charge in [0.1, 0.15) is 0 Å². The monoisotopic (exact) mass is 795 g/mol. The number of hydrogen-bond acceptors (Lipinski definition) is 2. The molecule has 2 unspecified atom stereocenters. The van der Waals surface area contributed by atoms with Crippen LogP contribution in [0.1, 0.15) is 99.5 Å². The van der Waals surface area contributed by atoms with E-state index in [2.05, 4.69) is 183 Å². The highest BCUT2D eigenvalue weighted by Gasteiger charge is 2.47. The quantitative estimate of drug-likeness (QED) is 0.144. The average molecular weight is 795 g/mol. The van der Waals surface area contributed by atoms with Crippen LogP contribution in [-0.4, -0.2) is 6.04 Å². The molecule has 0 amide bonds. The van der Waals surface area contributed by atoms with Gasteiger partial charge in [0.15, 0.2) is 0 Å². The Morgan fingerprint density at radius 2 is 1.25 bits per heavy atom. The van der Waals surface area contributed by atoms with Gasteiger partial charge in [0.05, 0.1) is 0 Å². The lowest BCUT2D eigenvalue weighted by Crippen LogP contribution is -2.52. The minimum Gasteiger partial charge on any atom is -0.338 e. The molecule has 0 radical (unpaired) electrons. The number of hydrogen-bond donors (Lipinski definition) is 0. The molecule has 2 nitrogen and oxygen atoms in total. The third kappa shape index (κ3) is 9.55. The van der Waals surface area contributed by atoms with Crippen LogP contribution in [-0.2, 0) is 0 Å². The molecule has 312 valence electrons. The molecule has 1 saturated carbocycles. The van der Waals surface area contributed by atoms with Crippen molar-refractivity contribution >= 4 is 27.8 Å². The Morgan fingerprint density at radius 1 is 0.683 bits per heavy atom. The fourth-order valence-corrected chi connectivity index (χ4v) is 9.37. The molecular weight excluding hydrogens is 725 g/mol. The first-order valence-corrected chi connectivity index (χ1v) is 22.6. The average Bonchev–Trinajstić information content (AvgIpc) is 3.32. The fraction of sp³-hybridized carbons (Fsp3) is 0.310. The maximum absolute atomic E-state index is 4.27. The maximum atomic E-state index is 4.27. The topological polar surface area (TPSA) is 6.48 Å². The molecule has 0 spiro atoms. The van der Waals surface area contributed by atoms with E-state index >= 15 is 0 Å². The molecule has 60 heavy (non-hydrogen) atoms. The lowest BCUT2D eigenvalue weighted by Gasteiger charge is -2.54. The van der Waals surface area contributed by atoms with Crippen molar-refractivity contribution in [3.63, 3.8) is 0 Å². The van der Waals surface area contributed by atoms with Gasteiger partial charge in [-0.3, -0.25) is 0 Å². The standard InChI is InChI=1S/C50H50N2.C4H8.2C2H6/c1-6-45-47(7-2)52(49-20-14-13-19-46(49)50(45,4)5)43-32-27-39(28-33-43)37-23-21-36(22-24-37)38-25-30-42(31-26-38)51(41-16-9-8-10-17-41)48-34-29-40-15-11-12-18-44(40)35(48)3;1-3-4-2;2*1-2/h6-9,11-12,15-16,18,21-34,46,49H,1-2,10,13-14,17,19-20H2,3-5H3;3-4H,1-2H3;2*1-2H3/b;4-3-;;. The van der Waals surface area contributed by atoms with Gasteiger partial charge >= 0.3 is 0 Å². The van der Waals surface area contributed by atoms with Crippen molar-refractivity contribution in [3.8, 4) is 22.3 Å². The molecule has 2 atom stereocenters. The zero-order chi connectivity index (χ0) is 43.2. The van der Waals surface area contributed by atoms with Crippen molar-refractivity contribution in [3.05, 3.63) is 187 Å². The molecule has 1 fully saturated rings. The second kappa shape index (κ2) is 21.6. The van der Waals surface area contributed by atoms with Crippen LogP contribution in [0.4, 0.5) is 17.1 Å². The highest BCUT2D eigenvalue weighted by atomic mass is 15.2. The molecule has 2 heteroatoms. The summed E-state index contributed by atoms with van der Waals surface area (Å²) in [5, 5.41) is 2.58. The summed E-state index contributed by atoms with van der Waals surface area (Å²) in [6, 6.07) is 41.0. The Bertz CT molecular complexity index is 2290. The first kappa shape index (κ1) is 45.5. The maximum Gasteiger partial charge on any atom is 0.0493 e. The van der Waals surface area contributed by atoms with Crippen LogP contribution in [0, 0.1) is 18.3 Å². The van der Waals surface area contributed by atoms with Crippen LogP contribution in [0.25, 0.3) is 33.0 Å². The van der Waals surface area contributed by atoms with Crippen molar-refractivity contribution in [2.24, 2.45) is 11.3 Å². The number of benzene rings is 5. The van der Waals surface area contributed by atoms with Crippen LogP contribution in [0.3, 0.4) is 0 Å². The van der Waals surface area contributed by atoms with E-state index < -0.39 is 0 Å². The van der Waals surface area contributed by atoms with Gasteiger partial charge in [0.2, 0.25) is 0 Å². The third-order valence-electron chi connectivity index (χ3n) is 12.5. The summed E-state index contributed by atoms with van der Waals surface area (Å²) in [4.78, 5) is 5.02. The minimum absolute atomic E-state index is 0.0923. The number of anilines is 3. The lowest BCUT2D eigenvalue weighted by molar-refractivity contribution is 0.155.